The molecule has 0 unspecified atom stereocenters. The first-order valence-electron chi connectivity index (χ1n) is 7.70. The number of ether oxygens (including phenoxy) is 1. The number of benzene rings is 3. The molecule has 25 heavy (non-hydrogen) atoms. The Morgan fingerprint density at radius 2 is 1.64 bits per heavy atom. The number of amides is 1. The highest BCUT2D eigenvalue weighted by Gasteiger charge is 2.11. The molecule has 0 radical (unpaired) electrons. The van der Waals surface area contributed by atoms with Gasteiger partial charge in [0.1, 0.15) is 17.2 Å². The molecule has 0 fully saturated rings. The lowest BCUT2D eigenvalue weighted by Gasteiger charge is -2.09. The quantitative estimate of drug-likeness (QED) is 0.694. The lowest BCUT2D eigenvalue weighted by molar-refractivity contribution is 0.0948. The highest BCUT2D eigenvalue weighted by Crippen LogP contribution is 2.22. The summed E-state index contributed by atoms with van der Waals surface area (Å²) in [7, 11) is 0. The smallest absolute Gasteiger partial charge is 0.255 e. The van der Waals surface area contributed by atoms with E-state index < -0.39 is 0 Å². The molecule has 0 heterocycles. The normalized spacial score (nSPS) is 10.3. The lowest BCUT2D eigenvalue weighted by atomic mass is 10.1. The predicted octanol–water partition coefficient (Wildman–Crippen LogP) is 4.77. The Morgan fingerprint density at radius 3 is 2.36 bits per heavy atom. The number of para-hydroxylation sites is 1. The van der Waals surface area contributed by atoms with Crippen LogP contribution in [-0.2, 0) is 6.54 Å². The molecule has 0 bridgehead atoms. The minimum atomic E-state index is -0.385. The fourth-order valence-electron chi connectivity index (χ4n) is 2.27. The van der Waals surface area contributed by atoms with Gasteiger partial charge in [0, 0.05) is 11.6 Å². The highest BCUT2D eigenvalue weighted by molar-refractivity contribution is 6.31. The van der Waals surface area contributed by atoms with E-state index in [0.29, 0.717) is 17.3 Å². The van der Waals surface area contributed by atoms with Crippen molar-refractivity contribution in [1.82, 2.24) is 5.32 Å². The van der Waals surface area contributed by atoms with Crippen LogP contribution in [0.3, 0.4) is 0 Å². The number of halogens is 1. The zero-order valence-corrected chi connectivity index (χ0v) is 14.0. The third-order valence-corrected chi connectivity index (χ3v) is 3.79. The van der Waals surface area contributed by atoms with Crippen molar-refractivity contribution in [2.45, 2.75) is 6.54 Å². The molecule has 3 rings (SSSR count). The highest BCUT2D eigenvalue weighted by atomic mass is 35.5. The van der Waals surface area contributed by atoms with Crippen LogP contribution in [0.1, 0.15) is 15.9 Å². The number of hydrogen-bond acceptors (Lipinski definition) is 3. The first-order chi connectivity index (χ1) is 12.1. The van der Waals surface area contributed by atoms with Gasteiger partial charge in [0.15, 0.2) is 0 Å². The molecule has 0 aromatic heterocycles. The van der Waals surface area contributed by atoms with Crippen molar-refractivity contribution in [3.8, 4) is 17.2 Å². The molecule has 0 aliphatic heterocycles. The molecule has 2 N–H and O–H groups in total. The van der Waals surface area contributed by atoms with Crippen molar-refractivity contribution in [3.63, 3.8) is 0 Å². The minimum absolute atomic E-state index is 0.103. The van der Waals surface area contributed by atoms with Gasteiger partial charge in [-0.3, -0.25) is 4.79 Å². The largest absolute Gasteiger partial charge is 0.507 e. The van der Waals surface area contributed by atoms with Crippen LogP contribution in [-0.4, -0.2) is 11.0 Å². The van der Waals surface area contributed by atoms with E-state index in [1.165, 1.54) is 18.2 Å². The molecule has 0 aliphatic rings. The Morgan fingerprint density at radius 1 is 0.960 bits per heavy atom. The molecular formula is C20H16ClNO3. The van der Waals surface area contributed by atoms with Crippen LogP contribution in [0.5, 0.6) is 17.2 Å². The summed E-state index contributed by atoms with van der Waals surface area (Å²) in [5.74, 6) is 0.992. The molecule has 126 valence electrons. The number of carbonyl (C=O) groups excluding carboxylic acids is 1. The Labute approximate surface area is 150 Å². The summed E-state index contributed by atoms with van der Waals surface area (Å²) in [5.41, 5.74) is 1.06. The number of carbonyl (C=O) groups is 1. The van der Waals surface area contributed by atoms with Crippen molar-refractivity contribution in [1.29, 1.82) is 0 Å². The van der Waals surface area contributed by atoms with Crippen molar-refractivity contribution >= 4 is 17.5 Å². The van der Waals surface area contributed by atoms with Crippen LogP contribution in [0.25, 0.3) is 0 Å². The van der Waals surface area contributed by atoms with E-state index in [4.69, 9.17) is 16.3 Å². The predicted molar refractivity (Wildman–Crippen MR) is 97.2 cm³/mol. The Hall–Kier alpha value is -2.98. The van der Waals surface area contributed by atoms with E-state index in [0.717, 1.165) is 11.3 Å². The number of nitrogens with one attached hydrogen (secondary N) is 1. The molecule has 1 amide bonds. The Kier molecular flexibility index (Phi) is 5.21. The molecule has 0 spiro atoms. The Bertz CT molecular complexity index is 864. The van der Waals surface area contributed by atoms with Crippen molar-refractivity contribution in [2.75, 3.05) is 0 Å². The summed E-state index contributed by atoms with van der Waals surface area (Å²) in [6.45, 7) is 0.330. The van der Waals surface area contributed by atoms with Crippen molar-refractivity contribution < 1.29 is 14.6 Å². The Balaban J connectivity index is 1.60. The van der Waals surface area contributed by atoms with E-state index in [9.17, 15) is 9.90 Å². The van der Waals surface area contributed by atoms with Gasteiger partial charge >= 0.3 is 0 Å². The topological polar surface area (TPSA) is 58.6 Å². The molecule has 3 aromatic rings. The van der Waals surface area contributed by atoms with E-state index in [1.54, 1.807) is 0 Å². The SMILES string of the molecule is O=C(NCc1ccc(Oc2ccccc2)cc1)c1cc(Cl)ccc1O. The summed E-state index contributed by atoms with van der Waals surface area (Å²) in [6.07, 6.45) is 0. The van der Waals surface area contributed by atoms with Gasteiger partial charge in [-0.1, -0.05) is 41.9 Å². The molecule has 0 aliphatic carbocycles. The fourth-order valence-corrected chi connectivity index (χ4v) is 2.44. The van der Waals surface area contributed by atoms with E-state index in [-0.39, 0.29) is 17.2 Å². The van der Waals surface area contributed by atoms with Crippen molar-refractivity contribution in [3.05, 3.63) is 88.9 Å². The monoisotopic (exact) mass is 353 g/mol. The van der Waals surface area contributed by atoms with Crippen LogP contribution in [0, 0.1) is 0 Å². The summed E-state index contributed by atoms with van der Waals surface area (Å²) in [5, 5.41) is 12.9. The maximum absolute atomic E-state index is 12.1. The van der Waals surface area contributed by atoms with E-state index >= 15 is 0 Å². The molecule has 3 aromatic carbocycles. The number of rotatable bonds is 5. The van der Waals surface area contributed by atoms with Gasteiger partial charge in [-0.2, -0.15) is 0 Å². The average Bonchev–Trinajstić information content (AvgIpc) is 2.64. The zero-order valence-electron chi connectivity index (χ0n) is 13.3. The molecule has 0 atom stereocenters. The minimum Gasteiger partial charge on any atom is -0.507 e. The van der Waals surface area contributed by atoms with E-state index in [1.807, 2.05) is 54.6 Å². The lowest BCUT2D eigenvalue weighted by Crippen LogP contribution is -2.22. The third kappa shape index (κ3) is 4.52. The van der Waals surface area contributed by atoms with Gasteiger partial charge < -0.3 is 15.2 Å². The molecular weight excluding hydrogens is 338 g/mol. The number of hydrogen-bond donors (Lipinski definition) is 2. The van der Waals surface area contributed by atoms with Crippen LogP contribution in [0.15, 0.2) is 72.8 Å². The summed E-state index contributed by atoms with van der Waals surface area (Å²) in [6, 6.07) is 21.3. The molecule has 0 saturated heterocycles. The van der Waals surface area contributed by atoms with E-state index in [2.05, 4.69) is 5.32 Å². The first kappa shape index (κ1) is 16.9. The standard InChI is InChI=1S/C20H16ClNO3/c21-15-8-11-19(23)18(12-15)20(24)22-13-14-6-9-17(10-7-14)25-16-4-2-1-3-5-16/h1-12,23H,13H2,(H,22,24). The molecule has 4 nitrogen and oxygen atoms in total. The van der Waals surface area contributed by atoms with Crippen molar-refractivity contribution in [2.24, 2.45) is 0 Å². The number of aromatic hydroxyl groups is 1. The maximum Gasteiger partial charge on any atom is 0.255 e. The second-order valence-electron chi connectivity index (χ2n) is 5.40. The average molecular weight is 354 g/mol. The van der Waals surface area contributed by atoms with Crippen LogP contribution < -0.4 is 10.1 Å². The van der Waals surface area contributed by atoms with Crippen LogP contribution >= 0.6 is 11.6 Å². The van der Waals surface area contributed by atoms with Gasteiger partial charge in [0.05, 0.1) is 5.56 Å². The first-order valence-corrected chi connectivity index (χ1v) is 8.08. The third-order valence-electron chi connectivity index (χ3n) is 3.56. The second-order valence-corrected chi connectivity index (χ2v) is 5.84. The van der Waals surface area contributed by atoms with Crippen LogP contribution in [0.2, 0.25) is 5.02 Å². The summed E-state index contributed by atoms with van der Waals surface area (Å²) in [4.78, 5) is 12.1. The van der Waals surface area contributed by atoms with Gasteiger partial charge in [-0.15, -0.1) is 0 Å². The van der Waals surface area contributed by atoms with Gasteiger partial charge in [-0.25, -0.2) is 0 Å². The van der Waals surface area contributed by atoms with Gasteiger partial charge in [-0.05, 0) is 48.0 Å². The van der Waals surface area contributed by atoms with Crippen LogP contribution in [0.4, 0.5) is 0 Å². The number of phenols is 1. The van der Waals surface area contributed by atoms with Gasteiger partial charge in [0.25, 0.3) is 5.91 Å². The second kappa shape index (κ2) is 7.73. The summed E-state index contributed by atoms with van der Waals surface area (Å²) < 4.78 is 5.72. The fraction of sp³-hybridized carbons (Fsp3) is 0.0500. The molecule has 5 heteroatoms. The number of phenolic OH excluding ortho intramolecular Hbond substituents is 1. The van der Waals surface area contributed by atoms with Gasteiger partial charge in [0.2, 0.25) is 0 Å². The summed E-state index contributed by atoms with van der Waals surface area (Å²) >= 11 is 5.86. The zero-order chi connectivity index (χ0) is 17.6. The molecule has 0 saturated carbocycles. The maximum atomic E-state index is 12.1.